The molecule has 0 nitrogen and oxygen atoms in total. The van der Waals surface area contributed by atoms with Gasteiger partial charge in [0.2, 0.25) is 0 Å². The zero-order chi connectivity index (χ0) is 20.5. The molecule has 0 amide bonds. The van der Waals surface area contributed by atoms with Crippen molar-refractivity contribution >= 4 is 37.5 Å². The number of rotatable bonds is 2. The Kier molecular flexibility index (Phi) is 3.76. The van der Waals surface area contributed by atoms with Crippen molar-refractivity contribution < 1.29 is 0 Å². The van der Waals surface area contributed by atoms with Gasteiger partial charge in [0.25, 0.3) is 0 Å². The zero-order valence-electron chi connectivity index (χ0n) is 17.0. The van der Waals surface area contributed by atoms with Gasteiger partial charge >= 0.3 is 0 Å². The quantitative estimate of drug-likeness (QED) is 0.236. The molecule has 1 heteroatoms. The summed E-state index contributed by atoms with van der Waals surface area (Å²) in [6.45, 7) is 4.72. The van der Waals surface area contributed by atoms with E-state index in [-0.39, 0.29) is 5.41 Å². The van der Waals surface area contributed by atoms with Crippen LogP contribution in [0.1, 0.15) is 25.0 Å². The summed E-state index contributed by atoms with van der Waals surface area (Å²) in [7, 11) is 0. The highest BCUT2D eigenvalue weighted by molar-refractivity contribution is 9.10. The molecule has 0 bridgehead atoms. The molecule has 0 atom stereocenters. The van der Waals surface area contributed by atoms with Crippen molar-refractivity contribution in [1.29, 1.82) is 0 Å². The molecule has 6 rings (SSSR count). The van der Waals surface area contributed by atoms with Gasteiger partial charge in [-0.05, 0) is 79.2 Å². The first-order valence-electron chi connectivity index (χ1n) is 10.4. The van der Waals surface area contributed by atoms with Crippen molar-refractivity contribution in [2.75, 3.05) is 0 Å². The van der Waals surface area contributed by atoms with Gasteiger partial charge in [-0.15, -0.1) is 0 Å². The summed E-state index contributed by atoms with van der Waals surface area (Å²) in [4.78, 5) is 0. The van der Waals surface area contributed by atoms with Crippen LogP contribution in [0.15, 0.2) is 95.5 Å². The predicted molar refractivity (Wildman–Crippen MR) is 132 cm³/mol. The van der Waals surface area contributed by atoms with Gasteiger partial charge in [0.1, 0.15) is 0 Å². The second-order valence-corrected chi connectivity index (χ2v) is 9.72. The van der Waals surface area contributed by atoms with Crippen molar-refractivity contribution in [3.8, 4) is 22.3 Å². The Balaban J connectivity index is 1.50. The molecule has 0 saturated heterocycles. The van der Waals surface area contributed by atoms with Gasteiger partial charge in [-0.1, -0.05) is 96.5 Å². The lowest BCUT2D eigenvalue weighted by molar-refractivity contribution is 0.663. The van der Waals surface area contributed by atoms with Crippen LogP contribution in [0.5, 0.6) is 0 Å². The molecule has 0 fully saturated rings. The lowest BCUT2D eigenvalue weighted by Crippen LogP contribution is -2.15. The van der Waals surface area contributed by atoms with Crippen LogP contribution < -0.4 is 0 Å². The molecule has 1 aliphatic carbocycles. The van der Waals surface area contributed by atoms with Gasteiger partial charge in [-0.2, -0.15) is 0 Å². The maximum absolute atomic E-state index is 3.52. The fraction of sp³-hybridized carbons (Fsp3) is 0.103. The molecule has 0 unspecified atom stereocenters. The van der Waals surface area contributed by atoms with Gasteiger partial charge in [-0.3, -0.25) is 0 Å². The summed E-state index contributed by atoms with van der Waals surface area (Å²) < 4.78 is 1.11. The van der Waals surface area contributed by atoms with E-state index in [0.717, 1.165) is 4.47 Å². The maximum Gasteiger partial charge on any atom is 0.0175 e. The third-order valence-corrected chi connectivity index (χ3v) is 7.23. The summed E-state index contributed by atoms with van der Waals surface area (Å²) in [6.07, 6.45) is 0. The molecule has 0 aromatic heterocycles. The molecule has 5 aromatic rings. The normalized spacial score (nSPS) is 14.1. The highest BCUT2D eigenvalue weighted by Crippen LogP contribution is 2.49. The van der Waals surface area contributed by atoms with Gasteiger partial charge in [0.05, 0.1) is 0 Å². The summed E-state index contributed by atoms with van der Waals surface area (Å²) in [5.74, 6) is 0. The van der Waals surface area contributed by atoms with Gasteiger partial charge in [0.15, 0.2) is 0 Å². The molecule has 0 heterocycles. The van der Waals surface area contributed by atoms with Crippen LogP contribution in [0.4, 0.5) is 0 Å². The summed E-state index contributed by atoms with van der Waals surface area (Å²) in [5, 5.41) is 5.55. The third-order valence-electron chi connectivity index (χ3n) is 6.70. The molecule has 0 N–H and O–H groups in total. The predicted octanol–water partition coefficient (Wildman–Crippen LogP) is 8.73. The van der Waals surface area contributed by atoms with E-state index in [2.05, 4.69) is 121 Å². The molecule has 0 spiro atoms. The van der Waals surface area contributed by atoms with Crippen molar-refractivity contribution in [1.82, 2.24) is 0 Å². The zero-order valence-corrected chi connectivity index (χ0v) is 18.6. The van der Waals surface area contributed by atoms with E-state index in [1.807, 2.05) is 0 Å². The van der Waals surface area contributed by atoms with Crippen LogP contribution in [0.2, 0.25) is 0 Å². The molecule has 144 valence electrons. The average molecular weight is 449 g/mol. The smallest absolute Gasteiger partial charge is 0.0175 e. The first-order chi connectivity index (χ1) is 14.5. The van der Waals surface area contributed by atoms with E-state index in [1.165, 1.54) is 54.9 Å². The first kappa shape index (κ1) is 17.9. The molecule has 1 aliphatic rings. The molecule has 30 heavy (non-hydrogen) atoms. The lowest BCUT2D eigenvalue weighted by atomic mass is 9.81. The van der Waals surface area contributed by atoms with Gasteiger partial charge in [-0.25, -0.2) is 0 Å². The third kappa shape index (κ3) is 2.52. The maximum atomic E-state index is 3.52. The number of benzene rings is 5. The fourth-order valence-corrected chi connectivity index (χ4v) is 5.33. The highest BCUT2D eigenvalue weighted by atomic mass is 79.9. The van der Waals surface area contributed by atoms with Crippen LogP contribution in [0.3, 0.4) is 0 Å². The Morgan fingerprint density at radius 3 is 1.80 bits per heavy atom. The van der Waals surface area contributed by atoms with Crippen LogP contribution in [0.25, 0.3) is 43.8 Å². The van der Waals surface area contributed by atoms with E-state index in [0.29, 0.717) is 0 Å². The van der Waals surface area contributed by atoms with Crippen molar-refractivity contribution in [3.63, 3.8) is 0 Å². The number of halogens is 1. The second kappa shape index (κ2) is 6.30. The Hall–Kier alpha value is -2.90. The van der Waals surface area contributed by atoms with Crippen LogP contribution >= 0.6 is 15.9 Å². The van der Waals surface area contributed by atoms with Gasteiger partial charge in [0, 0.05) is 9.89 Å². The van der Waals surface area contributed by atoms with E-state index < -0.39 is 0 Å². The standard InChI is InChI=1S/C29H21Br/c1-29(2)25-5-3-4-21-10-11-22-16-23(17-26(29)28(22)27(21)25)20-8-6-18(7-9-20)19-12-14-24(30)15-13-19/h3-17H,1-2H3. The fourth-order valence-electron chi connectivity index (χ4n) is 5.07. The van der Waals surface area contributed by atoms with E-state index in [4.69, 9.17) is 0 Å². The topological polar surface area (TPSA) is 0 Å². The summed E-state index contributed by atoms with van der Waals surface area (Å²) in [5.41, 5.74) is 7.95. The van der Waals surface area contributed by atoms with E-state index >= 15 is 0 Å². The van der Waals surface area contributed by atoms with Crippen molar-refractivity contribution in [2.45, 2.75) is 19.3 Å². The highest BCUT2D eigenvalue weighted by Gasteiger charge is 2.34. The molecular weight excluding hydrogens is 428 g/mol. The largest absolute Gasteiger partial charge is 0.0613 e. The minimum atomic E-state index is 0.0226. The lowest BCUT2D eigenvalue weighted by Gasteiger charge is -2.22. The van der Waals surface area contributed by atoms with Crippen molar-refractivity contribution in [3.05, 3.63) is 107 Å². The molecule has 5 aromatic carbocycles. The average Bonchev–Trinajstić information content (AvgIpc) is 3.01. The Labute approximate surface area is 185 Å². The molecule has 0 radical (unpaired) electrons. The number of hydrogen-bond donors (Lipinski definition) is 0. The SMILES string of the molecule is CC1(C)c2cccc3ccc4cc(-c5ccc(-c6ccc(Br)cc6)cc5)cc1c4c23. The Morgan fingerprint density at radius 1 is 0.533 bits per heavy atom. The van der Waals surface area contributed by atoms with Crippen molar-refractivity contribution in [2.24, 2.45) is 0 Å². The Bertz CT molecular complexity index is 1440. The van der Waals surface area contributed by atoms with Crippen LogP contribution in [-0.4, -0.2) is 0 Å². The second-order valence-electron chi connectivity index (χ2n) is 8.80. The first-order valence-corrected chi connectivity index (χ1v) is 11.2. The van der Waals surface area contributed by atoms with Crippen LogP contribution in [-0.2, 0) is 5.41 Å². The Morgan fingerprint density at radius 2 is 1.10 bits per heavy atom. The molecular formula is C29H21Br. The van der Waals surface area contributed by atoms with Gasteiger partial charge < -0.3 is 0 Å². The number of hydrogen-bond acceptors (Lipinski definition) is 0. The van der Waals surface area contributed by atoms with Crippen LogP contribution in [0, 0.1) is 0 Å². The molecule has 0 saturated carbocycles. The minimum Gasteiger partial charge on any atom is -0.0613 e. The molecule has 0 aliphatic heterocycles. The van der Waals surface area contributed by atoms with E-state index in [1.54, 1.807) is 0 Å². The summed E-state index contributed by atoms with van der Waals surface area (Å²) >= 11 is 3.52. The monoisotopic (exact) mass is 448 g/mol. The van der Waals surface area contributed by atoms with E-state index in [9.17, 15) is 0 Å². The minimum absolute atomic E-state index is 0.0226. The summed E-state index contributed by atoms with van der Waals surface area (Å²) in [6, 6.07) is 33.5.